The standard InChI is InChI=1S/C15H17Cl2NO3/c16-11-7-10(15(20)21)8-12(17)14(11)18-13(19)6-5-9-3-1-2-4-9/h7-9H,1-6H2,(H,18,19)(H,20,21). The molecule has 2 N–H and O–H groups in total. The van der Waals surface area contributed by atoms with Crippen molar-refractivity contribution in [3.05, 3.63) is 27.7 Å². The van der Waals surface area contributed by atoms with E-state index >= 15 is 0 Å². The summed E-state index contributed by atoms with van der Waals surface area (Å²) in [7, 11) is 0. The van der Waals surface area contributed by atoms with Crippen molar-refractivity contribution in [3.63, 3.8) is 0 Å². The lowest BCUT2D eigenvalue weighted by Crippen LogP contribution is -2.14. The van der Waals surface area contributed by atoms with Crippen molar-refractivity contribution in [3.8, 4) is 0 Å². The van der Waals surface area contributed by atoms with Crippen LogP contribution in [0.25, 0.3) is 0 Å². The molecule has 1 amide bonds. The van der Waals surface area contributed by atoms with Gasteiger partial charge in [-0.25, -0.2) is 4.79 Å². The molecule has 1 saturated carbocycles. The van der Waals surface area contributed by atoms with E-state index in [0.29, 0.717) is 12.3 Å². The Kier molecular flexibility index (Phi) is 5.48. The molecule has 6 heteroatoms. The summed E-state index contributed by atoms with van der Waals surface area (Å²) in [5.74, 6) is -0.622. The van der Waals surface area contributed by atoms with Crippen LogP contribution in [0.3, 0.4) is 0 Å². The van der Waals surface area contributed by atoms with Gasteiger partial charge in [-0.2, -0.15) is 0 Å². The first kappa shape index (κ1) is 16.1. The molecular weight excluding hydrogens is 313 g/mol. The van der Waals surface area contributed by atoms with Crippen molar-refractivity contribution in [1.82, 2.24) is 0 Å². The molecule has 114 valence electrons. The Morgan fingerprint density at radius 1 is 1.19 bits per heavy atom. The second kappa shape index (κ2) is 7.14. The summed E-state index contributed by atoms with van der Waals surface area (Å²) in [6.07, 6.45) is 6.19. The van der Waals surface area contributed by atoms with E-state index in [-0.39, 0.29) is 27.2 Å². The van der Waals surface area contributed by atoms with Gasteiger partial charge in [0.1, 0.15) is 0 Å². The molecule has 0 aliphatic heterocycles. The van der Waals surface area contributed by atoms with Crippen LogP contribution in [0.5, 0.6) is 0 Å². The van der Waals surface area contributed by atoms with E-state index in [1.54, 1.807) is 0 Å². The summed E-state index contributed by atoms with van der Waals surface area (Å²) in [4.78, 5) is 22.8. The third-order valence-electron chi connectivity index (χ3n) is 3.81. The molecule has 0 radical (unpaired) electrons. The molecule has 1 aliphatic carbocycles. The van der Waals surface area contributed by atoms with Crippen LogP contribution in [-0.2, 0) is 4.79 Å². The zero-order valence-corrected chi connectivity index (χ0v) is 13.0. The number of halogens is 2. The zero-order valence-electron chi connectivity index (χ0n) is 11.5. The smallest absolute Gasteiger partial charge is 0.335 e. The highest BCUT2D eigenvalue weighted by atomic mass is 35.5. The monoisotopic (exact) mass is 329 g/mol. The van der Waals surface area contributed by atoms with E-state index in [1.807, 2.05) is 0 Å². The number of hydrogen-bond donors (Lipinski definition) is 2. The fourth-order valence-electron chi connectivity index (χ4n) is 2.65. The molecule has 0 atom stereocenters. The summed E-state index contributed by atoms with van der Waals surface area (Å²) >= 11 is 12.0. The first-order valence-electron chi connectivity index (χ1n) is 6.99. The molecule has 4 nitrogen and oxygen atoms in total. The Hall–Kier alpha value is -1.26. The lowest BCUT2D eigenvalue weighted by atomic mass is 10.0. The van der Waals surface area contributed by atoms with Crippen LogP contribution in [0.1, 0.15) is 48.9 Å². The maximum Gasteiger partial charge on any atom is 0.335 e. The molecule has 2 rings (SSSR count). The number of anilines is 1. The Bertz CT molecular complexity index is 531. The minimum atomic E-state index is -1.11. The maximum atomic E-state index is 11.9. The predicted octanol–water partition coefficient (Wildman–Crippen LogP) is 4.60. The molecule has 1 fully saturated rings. The van der Waals surface area contributed by atoms with Crippen molar-refractivity contribution in [1.29, 1.82) is 0 Å². The van der Waals surface area contributed by atoms with Crippen LogP contribution in [-0.4, -0.2) is 17.0 Å². The first-order chi connectivity index (χ1) is 9.97. The van der Waals surface area contributed by atoms with E-state index in [0.717, 1.165) is 6.42 Å². The highest BCUT2D eigenvalue weighted by Crippen LogP contribution is 2.33. The van der Waals surface area contributed by atoms with E-state index in [1.165, 1.54) is 37.8 Å². The largest absolute Gasteiger partial charge is 0.478 e. The molecule has 1 aromatic rings. The van der Waals surface area contributed by atoms with Crippen LogP contribution < -0.4 is 5.32 Å². The van der Waals surface area contributed by atoms with E-state index in [9.17, 15) is 9.59 Å². The van der Waals surface area contributed by atoms with Gasteiger partial charge in [-0.15, -0.1) is 0 Å². The van der Waals surface area contributed by atoms with E-state index in [4.69, 9.17) is 28.3 Å². The highest BCUT2D eigenvalue weighted by molar-refractivity contribution is 6.40. The van der Waals surface area contributed by atoms with Gasteiger partial charge < -0.3 is 10.4 Å². The number of carbonyl (C=O) groups is 2. The summed E-state index contributed by atoms with van der Waals surface area (Å²) in [6.45, 7) is 0. The molecule has 0 spiro atoms. The SMILES string of the molecule is O=C(CCC1CCCC1)Nc1c(Cl)cc(C(=O)O)cc1Cl. The van der Waals surface area contributed by atoms with Gasteiger partial charge in [0.15, 0.2) is 0 Å². The minimum Gasteiger partial charge on any atom is -0.478 e. The fourth-order valence-corrected chi connectivity index (χ4v) is 3.23. The van der Waals surface area contributed by atoms with Gasteiger partial charge in [0.25, 0.3) is 0 Å². The van der Waals surface area contributed by atoms with E-state index in [2.05, 4.69) is 5.32 Å². The summed E-state index contributed by atoms with van der Waals surface area (Å²) < 4.78 is 0. The molecule has 1 aromatic carbocycles. The summed E-state index contributed by atoms with van der Waals surface area (Å²) in [6, 6.07) is 2.56. The third kappa shape index (κ3) is 4.35. The van der Waals surface area contributed by atoms with Crippen molar-refractivity contribution in [2.45, 2.75) is 38.5 Å². The number of nitrogens with one attached hydrogen (secondary N) is 1. The Labute approximate surface area is 133 Å². The Balaban J connectivity index is 1.98. The number of hydrogen-bond acceptors (Lipinski definition) is 2. The number of carbonyl (C=O) groups excluding carboxylic acids is 1. The van der Waals surface area contributed by atoms with Gasteiger partial charge in [0.2, 0.25) is 5.91 Å². The third-order valence-corrected chi connectivity index (χ3v) is 4.40. The predicted molar refractivity (Wildman–Crippen MR) is 83.2 cm³/mol. The maximum absolute atomic E-state index is 11.9. The van der Waals surface area contributed by atoms with Crippen LogP contribution in [0.4, 0.5) is 5.69 Å². The van der Waals surface area contributed by atoms with Gasteiger partial charge >= 0.3 is 5.97 Å². The lowest BCUT2D eigenvalue weighted by molar-refractivity contribution is -0.116. The van der Waals surface area contributed by atoms with Gasteiger partial charge in [0.05, 0.1) is 21.3 Å². The first-order valence-corrected chi connectivity index (χ1v) is 7.75. The van der Waals surface area contributed by atoms with Crippen molar-refractivity contribution < 1.29 is 14.7 Å². The molecule has 0 saturated heterocycles. The molecule has 1 aliphatic rings. The normalized spacial score (nSPS) is 15.1. The number of benzene rings is 1. The average Bonchev–Trinajstić information content (AvgIpc) is 2.93. The van der Waals surface area contributed by atoms with Crippen molar-refractivity contribution >= 4 is 40.8 Å². The number of carboxylic acid groups (broad SMARTS) is 1. The summed E-state index contributed by atoms with van der Waals surface area (Å²) in [5.41, 5.74) is 0.272. The second-order valence-electron chi connectivity index (χ2n) is 5.36. The van der Waals surface area contributed by atoms with Gasteiger partial charge in [-0.05, 0) is 24.5 Å². The average molecular weight is 330 g/mol. The molecular formula is C15H17Cl2NO3. The summed E-state index contributed by atoms with van der Waals surface area (Å²) in [5, 5.41) is 11.8. The Morgan fingerprint density at radius 3 is 2.29 bits per heavy atom. The van der Waals surface area contributed by atoms with Gasteiger partial charge in [0, 0.05) is 6.42 Å². The van der Waals surface area contributed by atoms with Crippen molar-refractivity contribution in [2.75, 3.05) is 5.32 Å². The zero-order chi connectivity index (χ0) is 15.4. The number of aromatic carboxylic acids is 1. The molecule has 0 aromatic heterocycles. The van der Waals surface area contributed by atoms with Gasteiger partial charge in [-0.3, -0.25) is 4.79 Å². The lowest BCUT2D eigenvalue weighted by Gasteiger charge is -2.12. The molecule has 0 unspecified atom stereocenters. The Morgan fingerprint density at radius 2 is 1.76 bits per heavy atom. The second-order valence-corrected chi connectivity index (χ2v) is 6.17. The molecule has 0 bridgehead atoms. The van der Waals surface area contributed by atoms with Crippen LogP contribution in [0.15, 0.2) is 12.1 Å². The van der Waals surface area contributed by atoms with Gasteiger partial charge in [-0.1, -0.05) is 48.9 Å². The molecule has 21 heavy (non-hydrogen) atoms. The number of carboxylic acids is 1. The van der Waals surface area contributed by atoms with E-state index < -0.39 is 5.97 Å². The topological polar surface area (TPSA) is 66.4 Å². The number of rotatable bonds is 5. The van der Waals surface area contributed by atoms with Crippen LogP contribution in [0, 0.1) is 5.92 Å². The number of amides is 1. The minimum absolute atomic E-state index is 0.00560. The fraction of sp³-hybridized carbons (Fsp3) is 0.467. The highest BCUT2D eigenvalue weighted by Gasteiger charge is 2.18. The van der Waals surface area contributed by atoms with Crippen LogP contribution in [0.2, 0.25) is 10.0 Å². The van der Waals surface area contributed by atoms with Crippen LogP contribution >= 0.6 is 23.2 Å². The quantitative estimate of drug-likeness (QED) is 0.829. The molecule has 0 heterocycles. The van der Waals surface area contributed by atoms with Crippen molar-refractivity contribution in [2.24, 2.45) is 5.92 Å².